The number of benzene rings is 1. The van der Waals surface area contributed by atoms with Crippen LogP contribution in [0.5, 0.6) is 5.75 Å². The second-order valence-corrected chi connectivity index (χ2v) is 7.64. The van der Waals surface area contributed by atoms with E-state index in [4.69, 9.17) is 4.74 Å². The maximum absolute atomic E-state index is 12.9. The number of amides is 1. The minimum atomic E-state index is -0.555. The Morgan fingerprint density at radius 2 is 1.96 bits per heavy atom. The summed E-state index contributed by atoms with van der Waals surface area (Å²) >= 11 is 0. The van der Waals surface area contributed by atoms with Crippen LogP contribution in [0.1, 0.15) is 41.4 Å². The minimum absolute atomic E-state index is 0.00572. The lowest BCUT2D eigenvalue weighted by molar-refractivity contribution is -0.0760. The van der Waals surface area contributed by atoms with E-state index in [1.165, 1.54) is 6.07 Å². The Bertz CT molecular complexity index is 1020. The van der Waals surface area contributed by atoms with Gasteiger partial charge in [-0.25, -0.2) is 0 Å². The summed E-state index contributed by atoms with van der Waals surface area (Å²) in [7, 11) is 1.72. The molecule has 1 saturated heterocycles. The summed E-state index contributed by atoms with van der Waals surface area (Å²) in [6.07, 6.45) is 2.91. The number of aromatic nitrogens is 1. The van der Waals surface area contributed by atoms with Crippen LogP contribution in [0.15, 0.2) is 41.3 Å². The zero-order chi connectivity index (χ0) is 18.9. The van der Waals surface area contributed by atoms with Gasteiger partial charge in [0.25, 0.3) is 5.91 Å². The topological polar surface area (TPSA) is 75.0 Å². The van der Waals surface area contributed by atoms with E-state index in [0.29, 0.717) is 6.61 Å². The number of fused-ring (bicyclic) bond motifs is 7. The fourth-order valence-electron chi connectivity index (χ4n) is 4.96. The van der Waals surface area contributed by atoms with E-state index in [1.54, 1.807) is 22.8 Å². The molecule has 1 N–H and O–H groups in total. The zero-order valence-electron chi connectivity index (χ0n) is 15.3. The quantitative estimate of drug-likeness (QED) is 0.764. The van der Waals surface area contributed by atoms with Crippen molar-refractivity contribution in [3.8, 4) is 5.75 Å². The summed E-state index contributed by atoms with van der Waals surface area (Å²) in [6.45, 7) is 2.68. The third-order valence-electron chi connectivity index (χ3n) is 6.33. The van der Waals surface area contributed by atoms with Crippen molar-refractivity contribution in [2.24, 2.45) is 0 Å². The van der Waals surface area contributed by atoms with Gasteiger partial charge >= 0.3 is 0 Å². The van der Waals surface area contributed by atoms with E-state index in [1.807, 2.05) is 12.1 Å². The number of hydrogen-bond acceptors (Lipinski definition) is 5. The molecular weight excluding hydrogens is 346 g/mol. The molecular formula is C20H21N3O4. The van der Waals surface area contributed by atoms with Crippen LogP contribution in [0.3, 0.4) is 0 Å². The van der Waals surface area contributed by atoms with E-state index >= 15 is 0 Å². The van der Waals surface area contributed by atoms with Gasteiger partial charge in [0.2, 0.25) is 5.43 Å². The maximum Gasteiger partial charge on any atom is 0.277 e. The normalized spacial score (nSPS) is 28.9. The molecule has 5 rings (SSSR count). The monoisotopic (exact) mass is 367 g/mol. The molecule has 0 spiro atoms. The van der Waals surface area contributed by atoms with Gasteiger partial charge in [-0.3, -0.25) is 19.3 Å². The first-order chi connectivity index (χ1) is 12.9. The number of hydrogen-bond donors (Lipinski definition) is 1. The Morgan fingerprint density at radius 1 is 1.19 bits per heavy atom. The third-order valence-corrected chi connectivity index (χ3v) is 6.33. The van der Waals surface area contributed by atoms with Crippen molar-refractivity contribution in [2.75, 3.05) is 12.1 Å². The SMILES string of the molecule is CN1C(=O)c2c(O)c(=O)ccn2N2C1CCC1OCc3ccccc3C12C. The molecule has 1 aromatic heterocycles. The molecule has 0 radical (unpaired) electrons. The standard InChI is InChI=1S/C20H21N3O4/c1-20-13-6-4-3-5-12(13)11-27-15(20)7-8-16-21(2)19(26)17-18(25)14(24)9-10-22(17)23(16)20/h3-6,9-10,15-16,25H,7-8,11H2,1-2H3. The Balaban J connectivity index is 1.81. The molecule has 1 aromatic carbocycles. The van der Waals surface area contributed by atoms with Crippen LogP contribution in [0, 0.1) is 0 Å². The Labute approximate surface area is 156 Å². The minimum Gasteiger partial charge on any atom is -0.502 e. The molecule has 0 saturated carbocycles. The van der Waals surface area contributed by atoms with Crippen molar-refractivity contribution in [1.29, 1.82) is 0 Å². The van der Waals surface area contributed by atoms with Gasteiger partial charge in [0.1, 0.15) is 11.7 Å². The average Bonchev–Trinajstić information content (AvgIpc) is 2.67. The highest BCUT2D eigenvalue weighted by molar-refractivity contribution is 5.96. The molecule has 0 aliphatic carbocycles. The number of pyridine rings is 1. The Hall–Kier alpha value is -2.80. The molecule has 3 unspecified atom stereocenters. The number of rotatable bonds is 0. The number of ether oxygens (including phenoxy) is 1. The van der Waals surface area contributed by atoms with Crippen molar-refractivity contribution in [1.82, 2.24) is 9.58 Å². The lowest BCUT2D eigenvalue weighted by Gasteiger charge is -2.60. The van der Waals surface area contributed by atoms with Gasteiger partial charge in [-0.1, -0.05) is 24.3 Å². The van der Waals surface area contributed by atoms with E-state index < -0.39 is 16.7 Å². The number of piperidine rings is 1. The Morgan fingerprint density at radius 3 is 2.78 bits per heavy atom. The van der Waals surface area contributed by atoms with Crippen LogP contribution in [-0.4, -0.2) is 39.9 Å². The largest absolute Gasteiger partial charge is 0.502 e. The fourth-order valence-corrected chi connectivity index (χ4v) is 4.96. The third kappa shape index (κ3) is 1.95. The van der Waals surface area contributed by atoms with Crippen molar-refractivity contribution in [2.45, 2.75) is 44.2 Å². The number of nitrogens with zero attached hydrogens (tertiary/aromatic N) is 3. The highest BCUT2D eigenvalue weighted by atomic mass is 16.5. The van der Waals surface area contributed by atoms with E-state index in [0.717, 1.165) is 24.0 Å². The molecule has 2 aromatic rings. The van der Waals surface area contributed by atoms with Crippen molar-refractivity contribution in [3.05, 3.63) is 63.6 Å². The first-order valence-corrected chi connectivity index (χ1v) is 9.16. The van der Waals surface area contributed by atoms with Gasteiger partial charge in [0, 0.05) is 19.3 Å². The lowest BCUT2D eigenvalue weighted by Crippen LogP contribution is -2.72. The fraction of sp³-hybridized carbons (Fsp3) is 0.400. The van der Waals surface area contributed by atoms with E-state index in [2.05, 4.69) is 24.1 Å². The summed E-state index contributed by atoms with van der Waals surface area (Å²) < 4.78 is 7.86. The average molecular weight is 367 g/mol. The van der Waals surface area contributed by atoms with Crippen molar-refractivity contribution < 1.29 is 14.6 Å². The van der Waals surface area contributed by atoms with Gasteiger partial charge in [-0.2, -0.15) is 0 Å². The lowest BCUT2D eigenvalue weighted by atomic mass is 9.75. The van der Waals surface area contributed by atoms with Gasteiger partial charge in [0.05, 0.1) is 12.7 Å². The van der Waals surface area contributed by atoms with E-state index in [9.17, 15) is 14.7 Å². The van der Waals surface area contributed by atoms with Crippen LogP contribution in [-0.2, 0) is 16.9 Å². The number of carbonyl (C=O) groups is 1. The molecule has 140 valence electrons. The van der Waals surface area contributed by atoms with Gasteiger partial charge in [-0.05, 0) is 30.9 Å². The van der Waals surface area contributed by atoms with E-state index in [-0.39, 0.29) is 23.9 Å². The molecule has 1 amide bonds. The van der Waals surface area contributed by atoms with Crippen LogP contribution < -0.4 is 10.4 Å². The van der Waals surface area contributed by atoms with Crippen molar-refractivity contribution >= 4 is 5.91 Å². The van der Waals surface area contributed by atoms with Crippen LogP contribution in [0.2, 0.25) is 0 Å². The molecule has 4 heterocycles. The predicted molar refractivity (Wildman–Crippen MR) is 98.1 cm³/mol. The smallest absolute Gasteiger partial charge is 0.277 e. The summed E-state index contributed by atoms with van der Waals surface area (Å²) in [5.74, 6) is -0.859. The van der Waals surface area contributed by atoms with Crippen molar-refractivity contribution in [3.63, 3.8) is 0 Å². The molecule has 3 aliphatic heterocycles. The molecule has 7 heteroatoms. The predicted octanol–water partition coefficient (Wildman–Crippen LogP) is 1.51. The van der Waals surface area contributed by atoms with Crippen LogP contribution >= 0.6 is 0 Å². The molecule has 7 nitrogen and oxygen atoms in total. The van der Waals surface area contributed by atoms with Crippen LogP contribution in [0.25, 0.3) is 0 Å². The Kier molecular flexibility index (Phi) is 3.25. The molecule has 3 atom stereocenters. The summed E-state index contributed by atoms with van der Waals surface area (Å²) in [5.41, 5.74) is 1.18. The van der Waals surface area contributed by atoms with Crippen LogP contribution in [0.4, 0.5) is 0 Å². The second-order valence-electron chi connectivity index (χ2n) is 7.64. The zero-order valence-corrected chi connectivity index (χ0v) is 15.3. The second kappa shape index (κ2) is 5.36. The highest BCUT2D eigenvalue weighted by Gasteiger charge is 2.55. The number of aromatic hydroxyl groups is 1. The van der Waals surface area contributed by atoms with Gasteiger partial charge in [-0.15, -0.1) is 0 Å². The first kappa shape index (κ1) is 16.4. The highest BCUT2D eigenvalue weighted by Crippen LogP contribution is 2.47. The molecule has 3 aliphatic rings. The van der Waals surface area contributed by atoms with Gasteiger partial charge in [0.15, 0.2) is 11.4 Å². The number of carbonyl (C=O) groups excluding carboxylic acids is 1. The molecule has 1 fully saturated rings. The maximum atomic E-state index is 12.9. The molecule has 27 heavy (non-hydrogen) atoms. The summed E-state index contributed by atoms with van der Waals surface area (Å²) in [6, 6.07) is 9.47. The summed E-state index contributed by atoms with van der Waals surface area (Å²) in [4.78, 5) is 26.5. The first-order valence-electron chi connectivity index (χ1n) is 9.16. The summed E-state index contributed by atoms with van der Waals surface area (Å²) in [5, 5.41) is 12.5. The van der Waals surface area contributed by atoms with Gasteiger partial charge < -0.3 is 14.7 Å². The molecule has 0 bridgehead atoms.